The molecular formula is C41H55N9O9S. The van der Waals surface area contributed by atoms with Gasteiger partial charge in [0.15, 0.2) is 5.71 Å². The number of benzene rings is 2. The number of rotatable bonds is 24. The fourth-order valence-corrected chi connectivity index (χ4v) is 7.97. The summed E-state index contributed by atoms with van der Waals surface area (Å²) < 4.78 is 39.1. The summed E-state index contributed by atoms with van der Waals surface area (Å²) in [6, 6.07) is 8.42. The van der Waals surface area contributed by atoms with Gasteiger partial charge < -0.3 is 45.6 Å². The predicted octanol–water partition coefficient (Wildman–Crippen LogP) is 2.34. The molecule has 18 nitrogen and oxygen atoms in total. The fraction of sp³-hybridized carbons (Fsp3) is 0.439. The van der Waals surface area contributed by atoms with E-state index >= 15 is 0 Å². The van der Waals surface area contributed by atoms with E-state index in [0.29, 0.717) is 61.7 Å². The number of carboxylic acids is 1. The van der Waals surface area contributed by atoms with Crippen molar-refractivity contribution >= 4 is 56.3 Å². The van der Waals surface area contributed by atoms with Crippen LogP contribution in [0.15, 0.2) is 63.0 Å². The molecular weight excluding hydrogens is 795 g/mol. The van der Waals surface area contributed by atoms with Crippen molar-refractivity contribution in [3.63, 3.8) is 0 Å². The molecule has 0 saturated heterocycles. The van der Waals surface area contributed by atoms with Crippen molar-refractivity contribution in [1.29, 1.82) is 0 Å². The second kappa shape index (κ2) is 22.5. The lowest BCUT2D eigenvalue weighted by molar-refractivity contribution is -0.129. The lowest BCUT2D eigenvalue weighted by Crippen LogP contribution is -2.36. The Balaban J connectivity index is 1.45. The van der Waals surface area contributed by atoms with Gasteiger partial charge in [0.1, 0.15) is 5.56 Å². The summed E-state index contributed by atoms with van der Waals surface area (Å²) >= 11 is 0. The van der Waals surface area contributed by atoms with Crippen LogP contribution in [0.4, 0.5) is 5.95 Å². The minimum Gasteiger partial charge on any atom is -0.477 e. The first kappa shape index (κ1) is 46.8. The van der Waals surface area contributed by atoms with E-state index in [1.54, 1.807) is 68.1 Å². The number of imidazole rings is 1. The SMILES string of the molecule is CNCCCOCCCNC(=O)CCC(=O)NCCCn1cc(C(=O)NCC(=NS(=O)(=O)c2c(C)cc(C)cc2C)C(=O)O)c(=O)c2ccc(CNc3nccn3C)cc21. The predicted molar refractivity (Wildman–Crippen MR) is 228 cm³/mol. The molecule has 0 fully saturated rings. The zero-order valence-corrected chi connectivity index (χ0v) is 35.5. The number of carbonyl (C=O) groups is 4. The Labute approximate surface area is 349 Å². The quantitative estimate of drug-likeness (QED) is 0.0440. The van der Waals surface area contributed by atoms with Gasteiger partial charge in [0.05, 0.1) is 17.0 Å². The number of nitrogens with zero attached hydrogens (tertiary/aromatic N) is 4. The van der Waals surface area contributed by atoms with Crippen molar-refractivity contribution < 1.29 is 37.4 Å². The second-order valence-corrected chi connectivity index (χ2v) is 15.9. The summed E-state index contributed by atoms with van der Waals surface area (Å²) in [6.45, 7) is 7.53. The number of fused-ring (bicyclic) bond motifs is 1. The van der Waals surface area contributed by atoms with Crippen LogP contribution >= 0.6 is 0 Å². The molecule has 0 aliphatic rings. The summed E-state index contributed by atoms with van der Waals surface area (Å²) in [6.07, 6.45) is 6.78. The molecule has 2 heterocycles. The van der Waals surface area contributed by atoms with Crippen LogP contribution in [0.25, 0.3) is 10.9 Å². The van der Waals surface area contributed by atoms with Crippen LogP contribution in [0.1, 0.15) is 64.7 Å². The molecule has 0 aliphatic heterocycles. The maximum atomic E-state index is 13.8. The molecule has 0 atom stereocenters. The molecule has 19 heteroatoms. The number of hydrogen-bond acceptors (Lipinski definition) is 11. The van der Waals surface area contributed by atoms with Crippen LogP contribution in [0, 0.1) is 20.8 Å². The van der Waals surface area contributed by atoms with Gasteiger partial charge in [0.2, 0.25) is 23.2 Å². The Morgan fingerprint density at radius 3 is 2.17 bits per heavy atom. The number of carboxylic acid groups (broad SMARTS) is 1. The third kappa shape index (κ3) is 13.6. The van der Waals surface area contributed by atoms with Crippen molar-refractivity contribution in [1.82, 2.24) is 35.4 Å². The highest BCUT2D eigenvalue weighted by molar-refractivity contribution is 7.90. The minimum atomic E-state index is -4.48. The van der Waals surface area contributed by atoms with E-state index in [1.807, 2.05) is 18.7 Å². The van der Waals surface area contributed by atoms with Gasteiger partial charge in [0.25, 0.3) is 15.9 Å². The van der Waals surface area contributed by atoms with Gasteiger partial charge in [-0.05, 0) is 82.4 Å². The summed E-state index contributed by atoms with van der Waals surface area (Å²) in [5.41, 5.74) is 1.14. The number of nitrogens with one attached hydrogen (secondary N) is 5. The summed E-state index contributed by atoms with van der Waals surface area (Å²) in [5.74, 6) is -2.51. The second-order valence-electron chi connectivity index (χ2n) is 14.3. The van der Waals surface area contributed by atoms with Crippen LogP contribution in [0.2, 0.25) is 0 Å². The highest BCUT2D eigenvalue weighted by atomic mass is 32.2. The monoisotopic (exact) mass is 849 g/mol. The molecule has 4 aromatic rings. The number of anilines is 1. The minimum absolute atomic E-state index is 0.00283. The molecule has 60 heavy (non-hydrogen) atoms. The Morgan fingerprint density at radius 1 is 0.900 bits per heavy atom. The molecule has 0 bridgehead atoms. The molecule has 3 amide bonds. The molecule has 2 aromatic heterocycles. The van der Waals surface area contributed by atoms with Crippen LogP contribution in [-0.2, 0) is 49.3 Å². The van der Waals surface area contributed by atoms with Crippen molar-refractivity contribution in [3.05, 3.63) is 87.0 Å². The number of carbonyl (C=O) groups excluding carboxylic acids is 3. The van der Waals surface area contributed by atoms with Crippen LogP contribution in [-0.4, -0.2) is 103 Å². The molecule has 0 unspecified atom stereocenters. The Kier molecular flexibility index (Phi) is 17.5. The van der Waals surface area contributed by atoms with Crippen molar-refractivity contribution in [3.8, 4) is 0 Å². The highest BCUT2D eigenvalue weighted by Crippen LogP contribution is 2.24. The Bertz CT molecular complexity index is 2350. The number of amides is 3. The highest BCUT2D eigenvalue weighted by Gasteiger charge is 2.24. The lowest BCUT2D eigenvalue weighted by atomic mass is 10.1. The van der Waals surface area contributed by atoms with E-state index in [9.17, 15) is 37.5 Å². The molecule has 0 spiro atoms. The van der Waals surface area contributed by atoms with Gasteiger partial charge in [0, 0.05) is 83.3 Å². The fourth-order valence-electron chi connectivity index (χ4n) is 6.52. The number of pyridine rings is 1. The number of sulfonamides is 1. The first-order valence-electron chi connectivity index (χ1n) is 19.7. The van der Waals surface area contributed by atoms with E-state index in [4.69, 9.17) is 4.74 Å². The van der Waals surface area contributed by atoms with Gasteiger partial charge in [-0.1, -0.05) is 23.8 Å². The smallest absolute Gasteiger partial charge is 0.353 e. The van der Waals surface area contributed by atoms with E-state index in [2.05, 4.69) is 36.0 Å². The summed E-state index contributed by atoms with van der Waals surface area (Å²) in [5, 5.41) is 24.3. The first-order valence-corrected chi connectivity index (χ1v) is 21.1. The first-order chi connectivity index (χ1) is 28.6. The number of aromatic nitrogens is 3. The van der Waals surface area contributed by atoms with E-state index < -0.39 is 39.6 Å². The molecule has 2 aromatic carbocycles. The lowest BCUT2D eigenvalue weighted by Gasteiger charge is -2.15. The van der Waals surface area contributed by atoms with Crippen LogP contribution in [0.3, 0.4) is 0 Å². The third-order valence-electron chi connectivity index (χ3n) is 9.40. The summed E-state index contributed by atoms with van der Waals surface area (Å²) in [4.78, 5) is 68.4. The maximum absolute atomic E-state index is 13.8. The molecule has 4 rings (SSSR count). The van der Waals surface area contributed by atoms with Crippen molar-refractivity contribution in [2.24, 2.45) is 11.4 Å². The molecule has 0 aliphatic carbocycles. The molecule has 0 saturated carbocycles. The molecule has 324 valence electrons. The largest absolute Gasteiger partial charge is 0.477 e. The van der Waals surface area contributed by atoms with E-state index in [0.717, 1.165) is 24.1 Å². The van der Waals surface area contributed by atoms with E-state index in [1.165, 1.54) is 6.20 Å². The van der Waals surface area contributed by atoms with Crippen molar-refractivity contribution in [2.75, 3.05) is 51.8 Å². The average Bonchev–Trinajstić information content (AvgIpc) is 3.61. The Hall–Kier alpha value is -5.92. The van der Waals surface area contributed by atoms with Crippen molar-refractivity contribution in [2.45, 2.75) is 70.9 Å². The zero-order valence-electron chi connectivity index (χ0n) is 34.7. The van der Waals surface area contributed by atoms with Gasteiger partial charge in [-0.25, -0.2) is 9.78 Å². The Morgan fingerprint density at radius 2 is 1.55 bits per heavy atom. The standard InChI is InChI=1S/C41H55N9O9S/c1-27-21-28(2)38(29(3)22-27)60(57,58)48-33(40(55)56)25-46-39(54)32-26-50(34-23-30(9-10-31(34)37(32)53)24-47-41-45-16-18-49(41)5)17-6-14-43-35(51)11-12-36(52)44-15-8-20-59-19-7-13-42-4/h9-10,16,18,21-23,26,42H,6-8,11-15,17,19-20,24-25H2,1-5H3,(H,43,51)(H,44,52)(H,45,47)(H,46,54)(H,55,56). The van der Waals surface area contributed by atoms with Gasteiger partial charge in [-0.3, -0.25) is 19.2 Å². The number of hydrogen-bond donors (Lipinski definition) is 6. The van der Waals surface area contributed by atoms with Gasteiger partial charge >= 0.3 is 5.97 Å². The zero-order chi connectivity index (χ0) is 43.8. The normalized spacial score (nSPS) is 11.7. The number of aliphatic carboxylic acids is 1. The van der Waals surface area contributed by atoms with Crippen LogP contribution in [0.5, 0.6) is 0 Å². The van der Waals surface area contributed by atoms with Crippen LogP contribution < -0.4 is 32.0 Å². The average molecular weight is 850 g/mol. The summed E-state index contributed by atoms with van der Waals surface area (Å²) in [7, 11) is -0.755. The molecule has 6 N–H and O–H groups in total. The third-order valence-corrected chi connectivity index (χ3v) is 11.0. The van der Waals surface area contributed by atoms with Gasteiger partial charge in [-0.15, -0.1) is 0 Å². The molecule has 0 radical (unpaired) electrons. The number of ether oxygens (including phenoxy) is 1. The number of aryl methyl sites for hydroxylation is 5. The topological polar surface area (TPSA) is 244 Å². The van der Waals surface area contributed by atoms with Gasteiger partial charge in [-0.2, -0.15) is 12.8 Å². The maximum Gasteiger partial charge on any atom is 0.353 e. The van der Waals surface area contributed by atoms with E-state index in [-0.39, 0.29) is 53.6 Å².